The molecule has 0 saturated carbocycles. The van der Waals surface area contributed by atoms with Crippen molar-refractivity contribution in [2.45, 2.75) is 13.3 Å². The van der Waals surface area contributed by atoms with Gasteiger partial charge in [-0.15, -0.1) is 0 Å². The summed E-state index contributed by atoms with van der Waals surface area (Å²) < 4.78 is 5.40. The van der Waals surface area contributed by atoms with Crippen LogP contribution in [0, 0.1) is 0 Å². The van der Waals surface area contributed by atoms with Crippen molar-refractivity contribution < 1.29 is 9.53 Å². The second-order valence-corrected chi connectivity index (χ2v) is 7.02. The Labute approximate surface area is 167 Å². The van der Waals surface area contributed by atoms with Crippen LogP contribution >= 0.6 is 0 Å². The molecule has 2 aromatic carbocycles. The number of amides is 1. The van der Waals surface area contributed by atoms with E-state index in [2.05, 4.69) is 51.7 Å². The monoisotopic (exact) mass is 382 g/mol. The van der Waals surface area contributed by atoms with Crippen LogP contribution in [-0.2, 0) is 4.79 Å². The largest absolute Gasteiger partial charge is 0.494 e. The molecule has 6 nitrogen and oxygen atoms in total. The van der Waals surface area contributed by atoms with Crippen molar-refractivity contribution >= 4 is 23.0 Å². The van der Waals surface area contributed by atoms with E-state index in [0.29, 0.717) is 19.6 Å². The van der Waals surface area contributed by atoms with Crippen molar-refractivity contribution in [3.8, 4) is 5.75 Å². The third-order valence-corrected chi connectivity index (χ3v) is 4.87. The molecule has 0 spiro atoms. The molecule has 1 heterocycles. The van der Waals surface area contributed by atoms with Gasteiger partial charge in [0.1, 0.15) is 5.75 Å². The van der Waals surface area contributed by atoms with Crippen molar-refractivity contribution in [2.24, 2.45) is 0 Å². The van der Waals surface area contributed by atoms with Crippen molar-refractivity contribution in [1.29, 1.82) is 0 Å². The standard InChI is InChI=1S/C22H30N4O2/c1-3-28-21-10-6-19(7-11-21)24-22(27)12-13-23-18-4-8-20(9-5-18)26-16-14-25(2)15-17-26/h4-11,23H,3,12-17H2,1-2H3,(H,24,27). The van der Waals surface area contributed by atoms with Gasteiger partial charge in [-0.25, -0.2) is 0 Å². The Balaban J connectivity index is 1.40. The molecule has 1 saturated heterocycles. The maximum Gasteiger partial charge on any atom is 0.226 e. The number of rotatable bonds is 8. The summed E-state index contributed by atoms with van der Waals surface area (Å²) in [5, 5.41) is 6.22. The number of hydrogen-bond acceptors (Lipinski definition) is 5. The molecule has 0 unspecified atom stereocenters. The fourth-order valence-electron chi connectivity index (χ4n) is 3.20. The van der Waals surface area contributed by atoms with E-state index in [9.17, 15) is 4.79 Å². The van der Waals surface area contributed by atoms with Crippen LogP contribution in [0.3, 0.4) is 0 Å². The zero-order valence-corrected chi connectivity index (χ0v) is 16.8. The Morgan fingerprint density at radius 3 is 2.25 bits per heavy atom. The number of nitrogens with zero attached hydrogens (tertiary/aromatic N) is 2. The number of nitrogens with one attached hydrogen (secondary N) is 2. The molecule has 150 valence electrons. The van der Waals surface area contributed by atoms with Crippen LogP contribution in [0.1, 0.15) is 13.3 Å². The molecule has 1 amide bonds. The minimum Gasteiger partial charge on any atom is -0.494 e. The Bertz CT molecular complexity index is 738. The summed E-state index contributed by atoms with van der Waals surface area (Å²) in [5.41, 5.74) is 3.07. The fraction of sp³-hybridized carbons (Fsp3) is 0.409. The first kappa shape index (κ1) is 20.0. The van der Waals surface area contributed by atoms with Gasteiger partial charge in [0, 0.05) is 56.2 Å². The fourth-order valence-corrected chi connectivity index (χ4v) is 3.20. The maximum atomic E-state index is 12.1. The van der Waals surface area contributed by atoms with E-state index in [1.165, 1.54) is 5.69 Å². The molecule has 0 bridgehead atoms. The van der Waals surface area contributed by atoms with Crippen molar-refractivity contribution in [1.82, 2.24) is 4.90 Å². The Kier molecular flexibility index (Phi) is 7.14. The first-order chi connectivity index (χ1) is 13.6. The average Bonchev–Trinajstić information content (AvgIpc) is 2.71. The molecule has 1 aliphatic rings. The molecule has 0 aliphatic carbocycles. The zero-order chi connectivity index (χ0) is 19.8. The quantitative estimate of drug-likeness (QED) is 0.734. The van der Waals surface area contributed by atoms with Crippen LogP contribution in [0.25, 0.3) is 0 Å². The van der Waals surface area contributed by atoms with Crippen LogP contribution in [-0.4, -0.2) is 57.2 Å². The number of carbonyl (C=O) groups excluding carboxylic acids is 1. The van der Waals surface area contributed by atoms with E-state index in [1.807, 2.05) is 31.2 Å². The van der Waals surface area contributed by atoms with Crippen LogP contribution in [0.4, 0.5) is 17.1 Å². The van der Waals surface area contributed by atoms with E-state index in [4.69, 9.17) is 4.74 Å². The summed E-state index contributed by atoms with van der Waals surface area (Å²) >= 11 is 0. The lowest BCUT2D eigenvalue weighted by molar-refractivity contribution is -0.115. The first-order valence-corrected chi connectivity index (χ1v) is 9.94. The predicted molar refractivity (Wildman–Crippen MR) is 115 cm³/mol. The Hall–Kier alpha value is -2.73. The Morgan fingerprint density at radius 2 is 1.61 bits per heavy atom. The summed E-state index contributed by atoms with van der Waals surface area (Å²) in [6.07, 6.45) is 0.410. The highest BCUT2D eigenvalue weighted by atomic mass is 16.5. The van der Waals surface area contributed by atoms with E-state index in [-0.39, 0.29) is 5.91 Å². The highest BCUT2D eigenvalue weighted by Crippen LogP contribution is 2.19. The van der Waals surface area contributed by atoms with Crippen LogP contribution < -0.4 is 20.3 Å². The van der Waals surface area contributed by atoms with Gasteiger partial charge in [-0.05, 0) is 62.5 Å². The maximum absolute atomic E-state index is 12.1. The summed E-state index contributed by atoms with van der Waals surface area (Å²) in [7, 11) is 2.16. The van der Waals surface area contributed by atoms with E-state index in [0.717, 1.165) is 43.3 Å². The molecule has 2 N–H and O–H groups in total. The molecular weight excluding hydrogens is 352 g/mol. The van der Waals surface area contributed by atoms with Crippen LogP contribution in [0.15, 0.2) is 48.5 Å². The minimum absolute atomic E-state index is 0.00860. The van der Waals surface area contributed by atoms with Crippen LogP contribution in [0.2, 0.25) is 0 Å². The lowest BCUT2D eigenvalue weighted by atomic mass is 10.2. The minimum atomic E-state index is -0.00860. The molecule has 1 aliphatic heterocycles. The number of anilines is 3. The molecule has 2 aromatic rings. The lowest BCUT2D eigenvalue weighted by Crippen LogP contribution is -2.44. The summed E-state index contributed by atoms with van der Waals surface area (Å²) in [4.78, 5) is 16.9. The Morgan fingerprint density at radius 1 is 0.964 bits per heavy atom. The number of benzene rings is 2. The second-order valence-electron chi connectivity index (χ2n) is 7.02. The van der Waals surface area contributed by atoms with E-state index >= 15 is 0 Å². The molecule has 0 atom stereocenters. The first-order valence-electron chi connectivity index (χ1n) is 9.94. The molecule has 1 fully saturated rings. The zero-order valence-electron chi connectivity index (χ0n) is 16.8. The molecular formula is C22H30N4O2. The molecule has 6 heteroatoms. The highest BCUT2D eigenvalue weighted by molar-refractivity contribution is 5.91. The summed E-state index contributed by atoms with van der Waals surface area (Å²) in [5.74, 6) is 0.799. The third kappa shape index (κ3) is 5.89. The number of likely N-dealkylation sites (N-methyl/N-ethyl adjacent to an activating group) is 1. The van der Waals surface area contributed by atoms with E-state index in [1.54, 1.807) is 0 Å². The molecule has 28 heavy (non-hydrogen) atoms. The summed E-state index contributed by atoms with van der Waals surface area (Å²) in [6.45, 7) is 7.50. The molecule has 0 radical (unpaired) electrons. The van der Waals surface area contributed by atoms with Gasteiger partial charge >= 0.3 is 0 Å². The van der Waals surface area contributed by atoms with Gasteiger partial charge in [0.2, 0.25) is 5.91 Å². The van der Waals surface area contributed by atoms with Crippen molar-refractivity contribution in [3.05, 3.63) is 48.5 Å². The number of hydrogen-bond donors (Lipinski definition) is 2. The SMILES string of the molecule is CCOc1ccc(NC(=O)CCNc2ccc(N3CCN(C)CC3)cc2)cc1. The van der Waals surface area contributed by atoms with Gasteiger partial charge in [-0.1, -0.05) is 0 Å². The predicted octanol–water partition coefficient (Wildman–Crippen LogP) is 3.28. The third-order valence-electron chi connectivity index (χ3n) is 4.87. The smallest absolute Gasteiger partial charge is 0.226 e. The molecule has 0 aromatic heterocycles. The van der Waals surface area contributed by atoms with Gasteiger partial charge in [-0.2, -0.15) is 0 Å². The van der Waals surface area contributed by atoms with Gasteiger partial charge in [-0.3, -0.25) is 4.79 Å². The molecule has 3 rings (SSSR count). The van der Waals surface area contributed by atoms with Gasteiger partial charge in [0.05, 0.1) is 6.61 Å². The number of piperazine rings is 1. The van der Waals surface area contributed by atoms with Crippen molar-refractivity contribution in [3.63, 3.8) is 0 Å². The topological polar surface area (TPSA) is 56.8 Å². The van der Waals surface area contributed by atoms with Crippen molar-refractivity contribution in [2.75, 3.05) is 61.9 Å². The van der Waals surface area contributed by atoms with Gasteiger partial charge in [0.15, 0.2) is 0 Å². The highest BCUT2D eigenvalue weighted by Gasteiger charge is 2.13. The second kappa shape index (κ2) is 9.99. The van der Waals surface area contributed by atoms with Gasteiger partial charge < -0.3 is 25.2 Å². The number of carbonyl (C=O) groups is 1. The summed E-state index contributed by atoms with van der Waals surface area (Å²) in [6, 6.07) is 15.9. The van der Waals surface area contributed by atoms with Crippen LogP contribution in [0.5, 0.6) is 5.75 Å². The van der Waals surface area contributed by atoms with E-state index < -0.39 is 0 Å². The number of ether oxygens (including phenoxy) is 1. The van der Waals surface area contributed by atoms with Gasteiger partial charge in [0.25, 0.3) is 0 Å². The normalized spacial score (nSPS) is 14.6. The lowest BCUT2D eigenvalue weighted by Gasteiger charge is -2.34. The average molecular weight is 383 g/mol.